The van der Waals surface area contributed by atoms with Gasteiger partial charge in [0.15, 0.2) is 0 Å². The summed E-state index contributed by atoms with van der Waals surface area (Å²) in [4.78, 5) is 11.5. The van der Waals surface area contributed by atoms with Gasteiger partial charge >= 0.3 is 5.97 Å². The van der Waals surface area contributed by atoms with E-state index in [-0.39, 0.29) is 0 Å². The standard InChI is InChI=1S/C8H12N2O2S2/c1-2-12-7(11)5-6(9)10-3-4-14-8(5)13/h10H,2-4,9H2,1H3. The van der Waals surface area contributed by atoms with Crippen LogP contribution in [0.25, 0.3) is 0 Å². The van der Waals surface area contributed by atoms with Crippen molar-refractivity contribution in [1.82, 2.24) is 5.32 Å². The zero-order chi connectivity index (χ0) is 10.6. The molecule has 14 heavy (non-hydrogen) atoms. The predicted molar refractivity (Wildman–Crippen MR) is 60.9 cm³/mol. The van der Waals surface area contributed by atoms with Crippen LogP contribution in [-0.2, 0) is 9.53 Å². The van der Waals surface area contributed by atoms with E-state index < -0.39 is 5.97 Å². The number of carbonyl (C=O) groups excluding carboxylic acids is 1. The van der Waals surface area contributed by atoms with Crippen molar-refractivity contribution in [2.24, 2.45) is 5.73 Å². The number of nitrogens with one attached hydrogen (secondary N) is 1. The van der Waals surface area contributed by atoms with Crippen molar-refractivity contribution in [2.45, 2.75) is 6.92 Å². The molecule has 1 heterocycles. The summed E-state index contributed by atoms with van der Waals surface area (Å²) in [6.45, 7) is 2.78. The lowest BCUT2D eigenvalue weighted by Gasteiger charge is -2.08. The molecule has 1 aliphatic heterocycles. The van der Waals surface area contributed by atoms with Gasteiger partial charge < -0.3 is 15.8 Å². The topological polar surface area (TPSA) is 64.3 Å². The van der Waals surface area contributed by atoms with Crippen LogP contribution < -0.4 is 11.1 Å². The van der Waals surface area contributed by atoms with Crippen LogP contribution in [0.1, 0.15) is 6.92 Å². The summed E-state index contributed by atoms with van der Waals surface area (Å²) < 4.78 is 5.37. The van der Waals surface area contributed by atoms with E-state index >= 15 is 0 Å². The zero-order valence-electron chi connectivity index (χ0n) is 7.83. The lowest BCUT2D eigenvalue weighted by Crippen LogP contribution is -2.26. The molecule has 0 saturated heterocycles. The molecule has 1 aliphatic rings. The minimum absolute atomic E-state index is 0.296. The third-order valence-electron chi connectivity index (χ3n) is 1.60. The van der Waals surface area contributed by atoms with E-state index in [1.165, 1.54) is 11.8 Å². The van der Waals surface area contributed by atoms with Crippen LogP contribution in [0.3, 0.4) is 0 Å². The van der Waals surface area contributed by atoms with E-state index in [2.05, 4.69) is 5.32 Å². The molecule has 0 radical (unpaired) electrons. The summed E-state index contributed by atoms with van der Waals surface area (Å²) in [7, 11) is 0. The van der Waals surface area contributed by atoms with Crippen molar-refractivity contribution < 1.29 is 9.53 Å². The first kappa shape index (κ1) is 11.3. The van der Waals surface area contributed by atoms with E-state index in [0.29, 0.717) is 28.7 Å². The maximum Gasteiger partial charge on any atom is 0.343 e. The number of thioether (sulfide) groups is 1. The molecule has 1 rings (SSSR count). The molecular formula is C8H12N2O2S2. The fraction of sp³-hybridized carbons (Fsp3) is 0.500. The van der Waals surface area contributed by atoms with Crippen molar-refractivity contribution in [3.05, 3.63) is 11.4 Å². The van der Waals surface area contributed by atoms with Gasteiger partial charge in [0.2, 0.25) is 0 Å². The van der Waals surface area contributed by atoms with Gasteiger partial charge in [-0.1, -0.05) is 12.2 Å². The molecule has 0 aromatic rings. The van der Waals surface area contributed by atoms with Crippen LogP contribution in [-0.4, -0.2) is 29.1 Å². The Hall–Kier alpha value is -0.750. The monoisotopic (exact) mass is 232 g/mol. The van der Waals surface area contributed by atoms with Gasteiger partial charge in [-0.25, -0.2) is 4.79 Å². The second kappa shape index (κ2) is 5.21. The molecule has 0 aromatic carbocycles. The lowest BCUT2D eigenvalue weighted by atomic mass is 10.3. The molecular weight excluding hydrogens is 220 g/mol. The first-order chi connectivity index (χ1) is 6.66. The van der Waals surface area contributed by atoms with Crippen LogP contribution >= 0.6 is 24.0 Å². The van der Waals surface area contributed by atoms with E-state index in [1.54, 1.807) is 6.92 Å². The Balaban J connectivity index is 2.88. The van der Waals surface area contributed by atoms with E-state index in [0.717, 1.165) is 5.75 Å². The maximum absolute atomic E-state index is 11.5. The summed E-state index contributed by atoms with van der Waals surface area (Å²) in [6.07, 6.45) is 0. The number of esters is 1. The van der Waals surface area contributed by atoms with Gasteiger partial charge in [0.1, 0.15) is 11.4 Å². The van der Waals surface area contributed by atoms with Crippen molar-refractivity contribution in [3.63, 3.8) is 0 Å². The Morgan fingerprint density at radius 2 is 2.50 bits per heavy atom. The van der Waals surface area contributed by atoms with Gasteiger partial charge in [-0.15, -0.1) is 11.8 Å². The predicted octanol–water partition coefficient (Wildman–Crippen LogP) is 0.384. The van der Waals surface area contributed by atoms with Crippen molar-refractivity contribution >= 4 is 34.1 Å². The number of thiocarbonyl (C=S) groups is 1. The molecule has 3 N–H and O–H groups in total. The summed E-state index contributed by atoms with van der Waals surface area (Å²) in [5.74, 6) is 0.679. The lowest BCUT2D eigenvalue weighted by molar-refractivity contribution is -0.137. The molecule has 0 fully saturated rings. The highest BCUT2D eigenvalue weighted by atomic mass is 32.2. The Kier molecular flexibility index (Phi) is 4.21. The van der Waals surface area contributed by atoms with Gasteiger partial charge in [-0.2, -0.15) is 0 Å². The van der Waals surface area contributed by atoms with E-state index in [9.17, 15) is 4.79 Å². The fourth-order valence-corrected chi connectivity index (χ4v) is 2.17. The second-order valence-corrected chi connectivity index (χ2v) is 4.34. The van der Waals surface area contributed by atoms with Crippen LogP contribution in [0.2, 0.25) is 0 Å². The number of rotatable bonds is 2. The van der Waals surface area contributed by atoms with Crippen LogP contribution in [0.5, 0.6) is 0 Å². The van der Waals surface area contributed by atoms with Gasteiger partial charge in [0, 0.05) is 12.3 Å². The number of nitrogens with two attached hydrogens (primary N) is 1. The number of hydrogen-bond acceptors (Lipinski definition) is 6. The molecule has 0 saturated carbocycles. The molecule has 0 aromatic heterocycles. The smallest absolute Gasteiger partial charge is 0.343 e. The third kappa shape index (κ3) is 2.62. The Bertz CT molecular complexity index is 289. The zero-order valence-corrected chi connectivity index (χ0v) is 9.46. The summed E-state index contributed by atoms with van der Waals surface area (Å²) in [5.41, 5.74) is 5.96. The molecule has 4 nitrogen and oxygen atoms in total. The fourth-order valence-electron chi connectivity index (χ4n) is 0.996. The van der Waals surface area contributed by atoms with Crippen molar-refractivity contribution in [1.29, 1.82) is 0 Å². The Labute approximate surface area is 92.2 Å². The van der Waals surface area contributed by atoms with Gasteiger partial charge in [0.05, 0.1) is 10.8 Å². The quantitative estimate of drug-likeness (QED) is 0.530. The molecule has 6 heteroatoms. The average Bonchev–Trinajstić information content (AvgIpc) is 2.28. The van der Waals surface area contributed by atoms with Gasteiger partial charge in [-0.3, -0.25) is 0 Å². The first-order valence-corrected chi connectivity index (χ1v) is 5.64. The molecule has 0 atom stereocenters. The summed E-state index contributed by atoms with van der Waals surface area (Å²) in [6, 6.07) is 0. The van der Waals surface area contributed by atoms with Crippen molar-refractivity contribution in [3.8, 4) is 0 Å². The van der Waals surface area contributed by atoms with Gasteiger partial charge in [-0.05, 0) is 6.92 Å². The highest BCUT2D eigenvalue weighted by molar-refractivity contribution is 8.23. The van der Waals surface area contributed by atoms with Crippen LogP contribution in [0.15, 0.2) is 11.4 Å². The molecule has 0 unspecified atom stereocenters. The molecule has 0 aliphatic carbocycles. The number of hydrogen-bond donors (Lipinski definition) is 2. The minimum atomic E-state index is -0.447. The Morgan fingerprint density at radius 3 is 3.14 bits per heavy atom. The third-order valence-corrected chi connectivity index (χ3v) is 3.04. The number of ether oxygens (including phenoxy) is 1. The highest BCUT2D eigenvalue weighted by Gasteiger charge is 2.22. The SMILES string of the molecule is CCOC(=O)C1=C(N)NCCSC1=S. The Morgan fingerprint density at radius 1 is 1.79 bits per heavy atom. The van der Waals surface area contributed by atoms with Crippen LogP contribution in [0, 0.1) is 0 Å². The van der Waals surface area contributed by atoms with E-state index in [4.69, 9.17) is 22.7 Å². The average molecular weight is 232 g/mol. The van der Waals surface area contributed by atoms with Crippen LogP contribution in [0.4, 0.5) is 0 Å². The normalized spacial score (nSPS) is 17.4. The first-order valence-electron chi connectivity index (χ1n) is 4.24. The second-order valence-electron chi connectivity index (χ2n) is 2.57. The molecule has 0 bridgehead atoms. The molecule has 0 amide bonds. The summed E-state index contributed by atoms with van der Waals surface area (Å²) in [5, 5.41) is 2.91. The largest absolute Gasteiger partial charge is 0.462 e. The molecule has 0 spiro atoms. The van der Waals surface area contributed by atoms with Gasteiger partial charge in [0.25, 0.3) is 0 Å². The highest BCUT2D eigenvalue weighted by Crippen LogP contribution is 2.17. The maximum atomic E-state index is 11.5. The number of carbonyl (C=O) groups is 1. The van der Waals surface area contributed by atoms with E-state index in [1.807, 2.05) is 0 Å². The summed E-state index contributed by atoms with van der Waals surface area (Å²) >= 11 is 6.50. The van der Waals surface area contributed by atoms with Crippen molar-refractivity contribution in [2.75, 3.05) is 18.9 Å². The molecule has 78 valence electrons. The minimum Gasteiger partial charge on any atom is -0.462 e.